The van der Waals surface area contributed by atoms with Crippen LogP contribution in [0.4, 0.5) is 13.2 Å². The Kier molecular flexibility index (Phi) is 4.83. The molecule has 0 spiro atoms. The van der Waals surface area contributed by atoms with E-state index in [1.54, 1.807) is 6.07 Å². The van der Waals surface area contributed by atoms with Crippen molar-refractivity contribution in [2.45, 2.75) is 55.4 Å². The van der Waals surface area contributed by atoms with Gasteiger partial charge >= 0.3 is 6.36 Å². The Morgan fingerprint density at radius 3 is 2.40 bits per heavy atom. The monoisotopic (exact) mass is 376 g/mol. The number of hydrogen-bond acceptors (Lipinski definition) is 4. The zero-order chi connectivity index (χ0) is 18.2. The molecule has 2 aliphatic rings. The first-order valence-corrected chi connectivity index (χ1v) is 9.86. The summed E-state index contributed by atoms with van der Waals surface area (Å²) in [4.78, 5) is 12.5. The maximum atomic E-state index is 12.5. The van der Waals surface area contributed by atoms with E-state index < -0.39 is 26.7 Å². The van der Waals surface area contributed by atoms with Gasteiger partial charge in [-0.15, -0.1) is 13.2 Å². The van der Waals surface area contributed by atoms with Gasteiger partial charge in [-0.25, -0.2) is 8.42 Å². The maximum absolute atomic E-state index is 12.5. The van der Waals surface area contributed by atoms with Gasteiger partial charge < -0.3 is 4.74 Å². The fourth-order valence-corrected chi connectivity index (χ4v) is 6.41. The largest absolute Gasteiger partial charge is 0.573 e. The molecule has 0 N–H and O–H groups in total. The van der Waals surface area contributed by atoms with E-state index in [0.717, 1.165) is 6.42 Å². The fraction of sp³-hybridized carbons (Fsp3) is 0.588. The summed E-state index contributed by atoms with van der Waals surface area (Å²) < 4.78 is 65.2. The first-order valence-electron chi connectivity index (χ1n) is 8.25. The van der Waals surface area contributed by atoms with Crippen LogP contribution in [0.3, 0.4) is 0 Å². The van der Waals surface area contributed by atoms with Crippen molar-refractivity contribution in [3.05, 3.63) is 29.8 Å². The highest BCUT2D eigenvalue weighted by atomic mass is 32.2. The number of hydrogen-bond donors (Lipinski definition) is 0. The van der Waals surface area contributed by atoms with E-state index in [0.29, 0.717) is 31.2 Å². The molecule has 2 saturated heterocycles. The maximum Gasteiger partial charge on any atom is 0.573 e. The molecule has 2 atom stereocenters. The summed E-state index contributed by atoms with van der Waals surface area (Å²) in [6.45, 7) is 0. The van der Waals surface area contributed by atoms with Crippen LogP contribution in [-0.2, 0) is 21.1 Å². The quantitative estimate of drug-likeness (QED) is 0.808. The number of fused-ring (bicyclic) bond motifs is 2. The molecule has 25 heavy (non-hydrogen) atoms. The average Bonchev–Trinajstić information content (AvgIpc) is 2.44. The van der Waals surface area contributed by atoms with E-state index in [1.807, 2.05) is 0 Å². The minimum absolute atomic E-state index is 0.0147. The topological polar surface area (TPSA) is 60.4 Å². The molecule has 0 saturated carbocycles. The third-order valence-corrected chi connectivity index (χ3v) is 7.76. The lowest BCUT2D eigenvalue weighted by molar-refractivity contribution is -0.274. The summed E-state index contributed by atoms with van der Waals surface area (Å²) in [6, 6.07) is 5.36. The molecule has 3 rings (SSSR count). The van der Waals surface area contributed by atoms with Gasteiger partial charge in [0.15, 0.2) is 9.84 Å². The number of carbonyl (C=O) groups is 1. The van der Waals surface area contributed by atoms with Crippen molar-refractivity contribution in [2.75, 3.05) is 0 Å². The minimum atomic E-state index is -4.78. The van der Waals surface area contributed by atoms with Crippen molar-refractivity contribution in [1.82, 2.24) is 0 Å². The number of sulfone groups is 1. The molecule has 0 radical (unpaired) electrons. The van der Waals surface area contributed by atoms with Gasteiger partial charge in [-0.1, -0.05) is 18.6 Å². The number of rotatable bonds is 4. The van der Waals surface area contributed by atoms with Crippen LogP contribution >= 0.6 is 0 Å². The van der Waals surface area contributed by atoms with Gasteiger partial charge in [0.2, 0.25) is 0 Å². The lowest BCUT2D eigenvalue weighted by Gasteiger charge is -2.38. The summed E-state index contributed by atoms with van der Waals surface area (Å²) >= 11 is 0. The highest BCUT2D eigenvalue weighted by Gasteiger charge is 2.45. The van der Waals surface area contributed by atoms with Gasteiger partial charge in [-0.2, -0.15) is 0 Å². The number of halogens is 3. The second kappa shape index (κ2) is 6.63. The van der Waals surface area contributed by atoms with E-state index in [4.69, 9.17) is 0 Å². The number of alkyl halides is 3. The van der Waals surface area contributed by atoms with Crippen LogP contribution in [0.1, 0.15) is 37.7 Å². The highest BCUT2D eigenvalue weighted by molar-refractivity contribution is 7.92. The van der Waals surface area contributed by atoms with Gasteiger partial charge in [0.25, 0.3) is 0 Å². The fourth-order valence-electron chi connectivity index (χ4n) is 3.87. The average molecular weight is 376 g/mol. The summed E-state index contributed by atoms with van der Waals surface area (Å²) in [6.07, 6.45) is -2.08. The first kappa shape index (κ1) is 18.2. The Morgan fingerprint density at radius 2 is 1.80 bits per heavy atom. The van der Waals surface area contributed by atoms with Crippen molar-refractivity contribution in [3.8, 4) is 5.75 Å². The molecule has 0 aliphatic carbocycles. The SMILES string of the molecule is O=C(Cc1cccc(OC(F)(F)F)c1)C1CC2CCCC(C1)S2(=O)=O. The summed E-state index contributed by atoms with van der Waals surface area (Å²) in [5, 5.41) is -0.900. The number of ketones is 1. The Hall–Kier alpha value is -1.57. The zero-order valence-corrected chi connectivity index (χ0v) is 14.3. The lowest BCUT2D eigenvalue weighted by atomic mass is 9.85. The van der Waals surface area contributed by atoms with Crippen LogP contribution < -0.4 is 4.74 Å². The van der Waals surface area contributed by atoms with Gasteiger partial charge in [-0.05, 0) is 43.4 Å². The Labute approximate surface area is 144 Å². The van der Waals surface area contributed by atoms with Crippen molar-refractivity contribution >= 4 is 15.6 Å². The second-order valence-corrected chi connectivity index (χ2v) is 9.28. The summed E-state index contributed by atoms with van der Waals surface area (Å²) in [5.41, 5.74) is 0.436. The smallest absolute Gasteiger partial charge is 0.406 e. The molecule has 4 nitrogen and oxygen atoms in total. The van der Waals surface area contributed by atoms with Crippen molar-refractivity contribution in [1.29, 1.82) is 0 Å². The molecule has 2 heterocycles. The number of benzene rings is 1. The molecular weight excluding hydrogens is 357 g/mol. The molecule has 0 aromatic heterocycles. The first-order chi connectivity index (χ1) is 11.6. The highest BCUT2D eigenvalue weighted by Crippen LogP contribution is 2.40. The summed E-state index contributed by atoms with van der Waals surface area (Å²) in [7, 11) is -3.13. The molecule has 2 unspecified atom stereocenters. The summed E-state index contributed by atoms with van der Waals surface area (Å²) in [5.74, 6) is -0.817. The molecule has 0 amide bonds. The minimum Gasteiger partial charge on any atom is -0.406 e. The van der Waals surface area contributed by atoms with Crippen molar-refractivity contribution < 1.29 is 31.1 Å². The standard InChI is InChI=1S/C17H19F3O4S/c18-17(19,20)24-13-4-1-3-11(7-13)8-16(21)12-9-14-5-2-6-15(10-12)25(14,22)23/h1,3-4,7,12,14-15H,2,5-6,8-10H2. The molecule has 1 aromatic rings. The van der Waals surface area contributed by atoms with E-state index in [1.165, 1.54) is 18.2 Å². The van der Waals surface area contributed by atoms with Crippen LogP contribution in [0.5, 0.6) is 5.75 Å². The molecule has 2 fully saturated rings. The molecule has 1 aromatic carbocycles. The van der Waals surface area contributed by atoms with Crippen molar-refractivity contribution in [2.24, 2.45) is 5.92 Å². The third-order valence-electron chi connectivity index (χ3n) is 5.04. The normalized spacial score (nSPS) is 28.4. The van der Waals surface area contributed by atoms with Crippen LogP contribution in [0.25, 0.3) is 0 Å². The van der Waals surface area contributed by atoms with Gasteiger partial charge in [0.1, 0.15) is 11.5 Å². The molecule has 8 heteroatoms. The third kappa shape index (κ3) is 4.16. The van der Waals surface area contributed by atoms with Crippen LogP contribution in [-0.4, -0.2) is 31.1 Å². The van der Waals surface area contributed by atoms with Gasteiger partial charge in [0, 0.05) is 12.3 Å². The lowest BCUT2D eigenvalue weighted by Crippen LogP contribution is -2.45. The number of carbonyl (C=O) groups excluding carboxylic acids is 1. The molecule has 2 bridgehead atoms. The number of ether oxygens (including phenoxy) is 1. The molecular formula is C17H19F3O4S. The Morgan fingerprint density at radius 1 is 1.16 bits per heavy atom. The van der Waals surface area contributed by atoms with Crippen LogP contribution in [0.15, 0.2) is 24.3 Å². The van der Waals surface area contributed by atoms with E-state index in [-0.39, 0.29) is 23.9 Å². The predicted molar refractivity (Wildman–Crippen MR) is 84.9 cm³/mol. The molecule has 2 aliphatic heterocycles. The molecule has 138 valence electrons. The van der Waals surface area contributed by atoms with E-state index in [2.05, 4.69) is 4.74 Å². The zero-order valence-electron chi connectivity index (χ0n) is 13.5. The van der Waals surface area contributed by atoms with Crippen molar-refractivity contribution in [3.63, 3.8) is 0 Å². The Bertz CT molecular complexity index is 737. The number of Topliss-reactive ketones (excluding diaryl/α,β-unsaturated/α-hetero) is 1. The van der Waals surface area contributed by atoms with Gasteiger partial charge in [-0.3, -0.25) is 4.79 Å². The predicted octanol–water partition coefficient (Wildman–Crippen LogP) is 3.44. The van der Waals surface area contributed by atoms with Crippen LogP contribution in [0.2, 0.25) is 0 Å². The van der Waals surface area contributed by atoms with E-state index >= 15 is 0 Å². The van der Waals surface area contributed by atoms with Gasteiger partial charge in [0.05, 0.1) is 10.5 Å². The van der Waals surface area contributed by atoms with E-state index in [9.17, 15) is 26.4 Å². The van der Waals surface area contributed by atoms with Crippen LogP contribution in [0, 0.1) is 5.92 Å². The Balaban J connectivity index is 1.68. The second-order valence-electron chi connectivity index (χ2n) is 6.77.